The first-order chi connectivity index (χ1) is 10.2. The summed E-state index contributed by atoms with van der Waals surface area (Å²) in [6, 6.07) is 0. The van der Waals surface area contributed by atoms with Gasteiger partial charge in [0.25, 0.3) is 0 Å². The van der Waals surface area contributed by atoms with Crippen molar-refractivity contribution in [3.05, 3.63) is 24.3 Å². The summed E-state index contributed by atoms with van der Waals surface area (Å²) in [6.07, 6.45) is 9.81. The van der Waals surface area contributed by atoms with E-state index < -0.39 is 19.1 Å². The third-order valence-electron chi connectivity index (χ3n) is 5.15. The maximum absolute atomic E-state index is 12.8. The first-order valence-electron chi connectivity index (χ1n) is 8.61. The quantitative estimate of drug-likeness (QED) is 0.484. The molecule has 0 aromatic carbocycles. The van der Waals surface area contributed by atoms with Crippen molar-refractivity contribution in [3.63, 3.8) is 0 Å². The summed E-state index contributed by atoms with van der Waals surface area (Å²) in [5, 5.41) is 0.146. The van der Waals surface area contributed by atoms with Crippen LogP contribution in [0.4, 0.5) is 0 Å². The highest BCUT2D eigenvalue weighted by atomic mass is 32.2. The lowest BCUT2D eigenvalue weighted by Gasteiger charge is -2.44. The van der Waals surface area contributed by atoms with Crippen molar-refractivity contribution < 1.29 is 8.63 Å². The lowest BCUT2D eigenvalue weighted by Crippen LogP contribution is -2.50. The monoisotopic (exact) mass is 356 g/mol. The van der Waals surface area contributed by atoms with Crippen LogP contribution in [0.2, 0.25) is 18.1 Å². The minimum absolute atomic E-state index is 0.0451. The van der Waals surface area contributed by atoms with Gasteiger partial charge < -0.3 is 4.43 Å². The molecule has 1 rings (SSSR count). The van der Waals surface area contributed by atoms with Crippen LogP contribution >= 0.6 is 0 Å². The highest BCUT2D eigenvalue weighted by Crippen LogP contribution is 2.41. The number of rotatable bonds is 5. The largest absolute Gasteiger partial charge is 0.412 e. The van der Waals surface area contributed by atoms with Crippen LogP contribution in [-0.4, -0.2) is 29.1 Å². The molecule has 4 heteroatoms. The predicted molar refractivity (Wildman–Crippen MR) is 106 cm³/mol. The lowest BCUT2D eigenvalue weighted by atomic mass is 9.81. The van der Waals surface area contributed by atoms with E-state index in [0.717, 1.165) is 6.42 Å². The van der Waals surface area contributed by atoms with Gasteiger partial charge in [0.1, 0.15) is 0 Å². The SMILES string of the molecule is CC1([C@H](C[S@](=O)C(C)(C)C)O[Si](C)(C)C(C)(C)C)C=CCC=C1. The third-order valence-corrected chi connectivity index (χ3v) is 11.6. The Hall–Kier alpha value is -0.193. The topological polar surface area (TPSA) is 26.3 Å². The maximum atomic E-state index is 12.8. The van der Waals surface area contributed by atoms with Gasteiger partial charge in [-0.1, -0.05) is 52.0 Å². The van der Waals surface area contributed by atoms with Gasteiger partial charge >= 0.3 is 0 Å². The second kappa shape index (κ2) is 6.97. The lowest BCUT2D eigenvalue weighted by molar-refractivity contribution is 0.128. The Morgan fingerprint density at radius 2 is 1.61 bits per heavy atom. The van der Waals surface area contributed by atoms with Crippen molar-refractivity contribution >= 4 is 19.1 Å². The molecule has 2 nitrogen and oxygen atoms in total. The van der Waals surface area contributed by atoms with E-state index in [4.69, 9.17) is 4.43 Å². The Bertz CT molecular complexity index is 480. The van der Waals surface area contributed by atoms with Gasteiger partial charge in [-0.25, -0.2) is 0 Å². The van der Waals surface area contributed by atoms with E-state index in [-0.39, 0.29) is 21.3 Å². The Balaban J connectivity index is 3.12. The summed E-state index contributed by atoms with van der Waals surface area (Å²) in [5.41, 5.74) is -0.172. The van der Waals surface area contributed by atoms with E-state index in [2.05, 4.69) is 65.1 Å². The molecule has 0 aromatic rings. The molecule has 0 amide bonds. The van der Waals surface area contributed by atoms with E-state index in [9.17, 15) is 4.21 Å². The average molecular weight is 357 g/mol. The third kappa shape index (κ3) is 5.40. The fourth-order valence-corrected chi connectivity index (χ4v) is 4.98. The molecule has 1 aliphatic carbocycles. The molecule has 0 radical (unpaired) electrons. The van der Waals surface area contributed by atoms with Crippen LogP contribution in [0, 0.1) is 5.41 Å². The molecule has 0 N–H and O–H groups in total. The molecular weight excluding hydrogens is 320 g/mol. The van der Waals surface area contributed by atoms with Gasteiger partial charge in [0.05, 0.1) is 11.9 Å². The zero-order valence-corrected chi connectivity index (χ0v) is 18.3. The molecule has 2 atom stereocenters. The number of hydrogen-bond acceptors (Lipinski definition) is 2. The fourth-order valence-electron chi connectivity index (χ4n) is 2.25. The van der Waals surface area contributed by atoms with Crippen LogP contribution in [0.3, 0.4) is 0 Å². The van der Waals surface area contributed by atoms with Crippen molar-refractivity contribution in [1.29, 1.82) is 0 Å². The van der Waals surface area contributed by atoms with Crippen molar-refractivity contribution in [2.24, 2.45) is 5.41 Å². The molecule has 0 heterocycles. The summed E-state index contributed by atoms with van der Waals surface area (Å²) in [4.78, 5) is 0. The minimum Gasteiger partial charge on any atom is -0.412 e. The van der Waals surface area contributed by atoms with Gasteiger partial charge in [-0.15, -0.1) is 0 Å². The Morgan fingerprint density at radius 1 is 1.13 bits per heavy atom. The molecule has 1 aliphatic rings. The summed E-state index contributed by atoms with van der Waals surface area (Å²) in [5.74, 6) is 0.585. The van der Waals surface area contributed by atoms with Crippen molar-refractivity contribution in [3.8, 4) is 0 Å². The standard InChI is InChI=1S/C19H36O2SSi/c1-17(2,3)22(20)15-16(19(7)13-11-10-12-14-19)21-23(8,9)18(4,5)6/h11-14,16H,10,15H2,1-9H3/t16-,22-/m0/s1. The molecule has 0 bridgehead atoms. The highest BCUT2D eigenvalue weighted by molar-refractivity contribution is 7.86. The van der Waals surface area contributed by atoms with Gasteiger partial charge in [-0.3, -0.25) is 4.21 Å². The van der Waals surface area contributed by atoms with Crippen LogP contribution in [0.15, 0.2) is 24.3 Å². The zero-order valence-electron chi connectivity index (χ0n) is 16.5. The van der Waals surface area contributed by atoms with Crippen LogP contribution in [-0.2, 0) is 15.2 Å². The molecular formula is C19H36O2SSi. The first kappa shape index (κ1) is 20.9. The van der Waals surface area contributed by atoms with E-state index in [1.165, 1.54) is 0 Å². The Morgan fingerprint density at radius 3 is 2.00 bits per heavy atom. The average Bonchev–Trinajstić information content (AvgIpc) is 2.36. The van der Waals surface area contributed by atoms with Crippen LogP contribution in [0.25, 0.3) is 0 Å². The summed E-state index contributed by atoms with van der Waals surface area (Å²) >= 11 is 0. The normalized spacial score (nSPS) is 21.3. The minimum atomic E-state index is -1.93. The van der Waals surface area contributed by atoms with Crippen LogP contribution < -0.4 is 0 Å². The van der Waals surface area contributed by atoms with Crippen molar-refractivity contribution in [2.75, 3.05) is 5.75 Å². The van der Waals surface area contributed by atoms with Crippen molar-refractivity contribution in [1.82, 2.24) is 0 Å². The fraction of sp³-hybridized carbons (Fsp3) is 0.789. The maximum Gasteiger partial charge on any atom is 0.192 e. The first-order valence-corrected chi connectivity index (χ1v) is 12.8. The highest BCUT2D eigenvalue weighted by Gasteiger charge is 2.44. The zero-order chi connectivity index (χ0) is 18.1. The number of allylic oxidation sites excluding steroid dienone is 2. The van der Waals surface area contributed by atoms with Crippen LogP contribution in [0.5, 0.6) is 0 Å². The van der Waals surface area contributed by atoms with Crippen molar-refractivity contribution in [2.45, 2.75) is 83.9 Å². The van der Waals surface area contributed by atoms with Gasteiger partial charge in [0.15, 0.2) is 8.32 Å². The van der Waals surface area contributed by atoms with E-state index >= 15 is 0 Å². The van der Waals surface area contributed by atoms with Gasteiger partial charge in [0, 0.05) is 21.0 Å². The van der Waals surface area contributed by atoms with E-state index in [0.29, 0.717) is 5.75 Å². The Kier molecular flexibility index (Phi) is 6.32. The van der Waals surface area contributed by atoms with Gasteiger partial charge in [-0.2, -0.15) is 0 Å². The molecule has 0 aliphatic heterocycles. The smallest absolute Gasteiger partial charge is 0.192 e. The Labute approximate surface area is 147 Å². The second-order valence-electron chi connectivity index (χ2n) is 9.40. The second-order valence-corrected chi connectivity index (χ2v) is 16.4. The predicted octanol–water partition coefficient (Wildman–Crippen LogP) is 5.45. The molecule has 0 spiro atoms. The van der Waals surface area contributed by atoms with E-state index in [1.54, 1.807) is 0 Å². The molecule has 0 saturated carbocycles. The summed E-state index contributed by atoms with van der Waals surface area (Å²) in [6.45, 7) is 19.7. The summed E-state index contributed by atoms with van der Waals surface area (Å²) < 4.78 is 19.3. The van der Waals surface area contributed by atoms with Crippen LogP contribution in [0.1, 0.15) is 54.9 Å². The molecule has 134 valence electrons. The molecule has 0 unspecified atom stereocenters. The molecule has 0 saturated heterocycles. The summed E-state index contributed by atoms with van der Waals surface area (Å²) in [7, 11) is -2.85. The van der Waals surface area contributed by atoms with E-state index in [1.807, 2.05) is 20.8 Å². The molecule has 23 heavy (non-hydrogen) atoms. The van der Waals surface area contributed by atoms with Gasteiger partial charge in [0.2, 0.25) is 0 Å². The molecule has 0 fully saturated rings. The molecule has 0 aromatic heterocycles. The van der Waals surface area contributed by atoms with Gasteiger partial charge in [-0.05, 0) is 45.3 Å². The number of hydrogen-bond donors (Lipinski definition) is 0.